The number of aliphatic hydroxyl groups excluding tert-OH is 1. The molecule has 210 valence electrons. The second-order valence-corrected chi connectivity index (χ2v) is 10.6. The molecule has 1 unspecified atom stereocenters. The van der Waals surface area contributed by atoms with E-state index in [-0.39, 0.29) is 34.8 Å². The molecular formula is C32H35NO7. The summed E-state index contributed by atoms with van der Waals surface area (Å²) in [5.74, 6) is -0.738. The van der Waals surface area contributed by atoms with E-state index < -0.39 is 17.7 Å². The lowest BCUT2D eigenvalue weighted by Gasteiger charge is -2.26. The van der Waals surface area contributed by atoms with Crippen molar-refractivity contribution >= 4 is 17.4 Å². The Kier molecular flexibility index (Phi) is 8.09. The van der Waals surface area contributed by atoms with Crippen LogP contribution in [0.3, 0.4) is 0 Å². The standard InChI is InChI=1S/C32H35NO7/c1-7-40-26-16-20(10-14-24(26)34)28-27(29(35)23-17-21(32(2,3)4)11-15-25(23)39-6)30(36)31(37)33(28)18-19-8-12-22(38-5)13-9-19/h8-17,28,34-35H,7,18H2,1-6H3/b29-27+. The Hall–Kier alpha value is -4.46. The molecule has 1 saturated heterocycles. The third-order valence-electron chi connectivity index (χ3n) is 6.97. The number of hydrogen-bond donors (Lipinski definition) is 2. The van der Waals surface area contributed by atoms with Gasteiger partial charge in [-0.15, -0.1) is 0 Å². The zero-order valence-electron chi connectivity index (χ0n) is 23.6. The minimum atomic E-state index is -0.954. The molecule has 1 aliphatic heterocycles. The summed E-state index contributed by atoms with van der Waals surface area (Å²) in [5.41, 5.74) is 2.18. The molecule has 40 heavy (non-hydrogen) atoms. The van der Waals surface area contributed by atoms with Gasteiger partial charge in [0.1, 0.15) is 17.3 Å². The van der Waals surface area contributed by atoms with E-state index in [4.69, 9.17) is 14.2 Å². The van der Waals surface area contributed by atoms with Gasteiger partial charge >= 0.3 is 0 Å². The van der Waals surface area contributed by atoms with Gasteiger partial charge < -0.3 is 29.3 Å². The number of hydrogen-bond acceptors (Lipinski definition) is 7. The fraction of sp³-hybridized carbons (Fsp3) is 0.312. The number of phenolic OH excluding ortho intramolecular Hbond substituents is 1. The second kappa shape index (κ2) is 11.3. The number of rotatable bonds is 8. The van der Waals surface area contributed by atoms with Gasteiger partial charge in [0.2, 0.25) is 0 Å². The van der Waals surface area contributed by atoms with Crippen LogP contribution in [0.2, 0.25) is 0 Å². The molecule has 0 saturated carbocycles. The van der Waals surface area contributed by atoms with Gasteiger partial charge in [0, 0.05) is 6.54 Å². The predicted molar refractivity (Wildman–Crippen MR) is 152 cm³/mol. The van der Waals surface area contributed by atoms with Crippen LogP contribution in [0.25, 0.3) is 5.76 Å². The third kappa shape index (κ3) is 5.47. The number of aromatic hydroxyl groups is 1. The molecule has 1 atom stereocenters. The molecule has 0 radical (unpaired) electrons. The lowest BCUT2D eigenvalue weighted by molar-refractivity contribution is -0.140. The van der Waals surface area contributed by atoms with Crippen LogP contribution in [-0.2, 0) is 21.5 Å². The van der Waals surface area contributed by atoms with E-state index in [2.05, 4.69) is 0 Å². The van der Waals surface area contributed by atoms with E-state index in [1.807, 2.05) is 39.0 Å². The number of Topliss-reactive ketones (excluding diaryl/α,β-unsaturated/α-hetero) is 1. The first-order valence-corrected chi connectivity index (χ1v) is 13.1. The molecule has 0 aromatic heterocycles. The number of carbonyl (C=O) groups is 2. The summed E-state index contributed by atoms with van der Waals surface area (Å²) in [5, 5.41) is 22.1. The number of benzene rings is 3. The molecule has 0 aliphatic carbocycles. The quantitative estimate of drug-likeness (QED) is 0.212. The topological polar surface area (TPSA) is 106 Å². The number of amides is 1. The third-order valence-corrected chi connectivity index (χ3v) is 6.97. The lowest BCUT2D eigenvalue weighted by atomic mass is 9.85. The number of phenols is 1. The first-order valence-electron chi connectivity index (χ1n) is 13.1. The van der Waals surface area contributed by atoms with Crippen molar-refractivity contribution in [2.24, 2.45) is 0 Å². The number of methoxy groups -OCH3 is 2. The zero-order valence-corrected chi connectivity index (χ0v) is 23.6. The van der Waals surface area contributed by atoms with Crippen LogP contribution >= 0.6 is 0 Å². The summed E-state index contributed by atoms with van der Waals surface area (Å²) in [7, 11) is 3.05. The molecule has 4 rings (SSSR count). The summed E-state index contributed by atoms with van der Waals surface area (Å²) < 4.78 is 16.4. The number of carbonyl (C=O) groups excluding carboxylic acids is 2. The Morgan fingerprint density at radius 1 is 0.925 bits per heavy atom. The first kappa shape index (κ1) is 28.5. The number of nitrogens with zero attached hydrogens (tertiary/aromatic N) is 1. The van der Waals surface area contributed by atoms with Gasteiger partial charge in [-0.3, -0.25) is 9.59 Å². The van der Waals surface area contributed by atoms with Gasteiger partial charge in [-0.05, 0) is 65.4 Å². The zero-order chi connectivity index (χ0) is 29.2. The highest BCUT2D eigenvalue weighted by atomic mass is 16.5. The molecule has 3 aromatic carbocycles. The van der Waals surface area contributed by atoms with Crippen molar-refractivity contribution in [3.05, 3.63) is 88.5 Å². The molecule has 1 fully saturated rings. The molecule has 8 heteroatoms. The van der Waals surface area contributed by atoms with Crippen LogP contribution in [0.15, 0.2) is 66.2 Å². The maximum absolute atomic E-state index is 13.6. The fourth-order valence-electron chi connectivity index (χ4n) is 4.79. The van der Waals surface area contributed by atoms with Crippen LogP contribution < -0.4 is 14.2 Å². The van der Waals surface area contributed by atoms with Crippen LogP contribution in [0.5, 0.6) is 23.0 Å². The van der Waals surface area contributed by atoms with Crippen molar-refractivity contribution in [1.82, 2.24) is 4.90 Å². The van der Waals surface area contributed by atoms with E-state index in [0.29, 0.717) is 29.2 Å². The van der Waals surface area contributed by atoms with Gasteiger partial charge in [-0.1, -0.05) is 45.0 Å². The van der Waals surface area contributed by atoms with Crippen molar-refractivity contribution in [2.45, 2.75) is 45.7 Å². The molecule has 3 aromatic rings. The second-order valence-electron chi connectivity index (χ2n) is 10.6. The van der Waals surface area contributed by atoms with Crippen molar-refractivity contribution in [1.29, 1.82) is 0 Å². The number of aliphatic hydroxyl groups is 1. The lowest BCUT2D eigenvalue weighted by Crippen LogP contribution is -2.29. The van der Waals surface area contributed by atoms with Crippen LogP contribution in [0, 0.1) is 0 Å². The van der Waals surface area contributed by atoms with Crippen LogP contribution in [0.4, 0.5) is 0 Å². The highest BCUT2D eigenvalue weighted by Crippen LogP contribution is 2.44. The fourth-order valence-corrected chi connectivity index (χ4v) is 4.79. The van der Waals surface area contributed by atoms with Crippen molar-refractivity contribution in [3.63, 3.8) is 0 Å². The Labute approximate surface area is 234 Å². The number of ether oxygens (including phenoxy) is 3. The summed E-state index contributed by atoms with van der Waals surface area (Å²) in [6.45, 7) is 8.31. The normalized spacial score (nSPS) is 16.8. The van der Waals surface area contributed by atoms with Gasteiger partial charge in [0.25, 0.3) is 11.7 Å². The minimum absolute atomic E-state index is 0.0720. The summed E-state index contributed by atoms with van der Waals surface area (Å²) in [6, 6.07) is 16.3. The monoisotopic (exact) mass is 545 g/mol. The average molecular weight is 546 g/mol. The molecule has 0 spiro atoms. The van der Waals surface area contributed by atoms with Crippen LogP contribution in [-0.4, -0.2) is 47.6 Å². The molecule has 8 nitrogen and oxygen atoms in total. The van der Waals surface area contributed by atoms with E-state index in [9.17, 15) is 19.8 Å². The maximum atomic E-state index is 13.6. The van der Waals surface area contributed by atoms with E-state index in [0.717, 1.165) is 11.1 Å². The summed E-state index contributed by atoms with van der Waals surface area (Å²) >= 11 is 0. The Morgan fingerprint density at radius 3 is 2.23 bits per heavy atom. The van der Waals surface area contributed by atoms with E-state index >= 15 is 0 Å². The Bertz CT molecular complexity index is 1450. The van der Waals surface area contributed by atoms with E-state index in [1.165, 1.54) is 18.1 Å². The molecule has 1 heterocycles. The predicted octanol–water partition coefficient (Wildman–Crippen LogP) is 5.73. The van der Waals surface area contributed by atoms with Gasteiger partial charge in [0.15, 0.2) is 11.5 Å². The maximum Gasteiger partial charge on any atom is 0.295 e. The number of likely N-dealkylation sites (tertiary alicyclic amines) is 1. The van der Waals surface area contributed by atoms with Gasteiger partial charge in [-0.2, -0.15) is 0 Å². The van der Waals surface area contributed by atoms with Crippen LogP contribution in [0.1, 0.15) is 56.0 Å². The molecule has 1 amide bonds. The largest absolute Gasteiger partial charge is 0.507 e. The minimum Gasteiger partial charge on any atom is -0.507 e. The number of ketones is 1. The van der Waals surface area contributed by atoms with E-state index in [1.54, 1.807) is 50.4 Å². The molecule has 2 N–H and O–H groups in total. The van der Waals surface area contributed by atoms with Crippen molar-refractivity contribution < 1.29 is 34.0 Å². The van der Waals surface area contributed by atoms with Crippen molar-refractivity contribution in [2.75, 3.05) is 20.8 Å². The Balaban J connectivity index is 1.93. The van der Waals surface area contributed by atoms with Gasteiger partial charge in [0.05, 0.1) is 38.0 Å². The smallest absolute Gasteiger partial charge is 0.295 e. The summed E-state index contributed by atoms with van der Waals surface area (Å²) in [6.07, 6.45) is 0. The highest BCUT2D eigenvalue weighted by Gasteiger charge is 2.46. The average Bonchev–Trinajstić information content (AvgIpc) is 3.18. The molecule has 1 aliphatic rings. The SMILES string of the molecule is CCOc1cc(C2/C(=C(\O)c3cc(C(C)(C)C)ccc3OC)C(=O)C(=O)N2Cc2ccc(OC)cc2)ccc1O. The Morgan fingerprint density at radius 2 is 1.62 bits per heavy atom. The molecular weight excluding hydrogens is 510 g/mol. The first-order chi connectivity index (χ1) is 19.0. The summed E-state index contributed by atoms with van der Waals surface area (Å²) in [4.78, 5) is 28.5. The van der Waals surface area contributed by atoms with Gasteiger partial charge in [-0.25, -0.2) is 0 Å². The van der Waals surface area contributed by atoms with Crippen molar-refractivity contribution in [3.8, 4) is 23.0 Å². The molecule has 0 bridgehead atoms. The highest BCUT2D eigenvalue weighted by molar-refractivity contribution is 6.46.